The van der Waals surface area contributed by atoms with Gasteiger partial charge in [0.1, 0.15) is 0 Å². The topological polar surface area (TPSA) is 45.0 Å². The molecule has 0 aliphatic rings. The summed E-state index contributed by atoms with van der Waals surface area (Å²) >= 11 is 0. The Hall–Kier alpha value is -0.590. The molecule has 0 spiro atoms. The maximum Gasteiger partial charge on any atom is 0.0979 e. The summed E-state index contributed by atoms with van der Waals surface area (Å²) in [5.74, 6) is 0.423. The van der Waals surface area contributed by atoms with Crippen molar-refractivity contribution in [2.24, 2.45) is 5.92 Å². The Labute approximate surface area is 81.1 Å². The van der Waals surface area contributed by atoms with Crippen LogP contribution in [0.25, 0.3) is 0 Å². The van der Waals surface area contributed by atoms with E-state index in [9.17, 15) is 0 Å². The Morgan fingerprint density at radius 3 is 2.69 bits per heavy atom. The second kappa shape index (κ2) is 8.03. The maximum atomic E-state index is 8.87. The number of hydrogen-bond donors (Lipinski definition) is 1. The molecule has 0 rings (SSSR count). The van der Waals surface area contributed by atoms with Gasteiger partial charge in [0, 0.05) is 13.7 Å². The number of methoxy groups -OCH3 is 1. The summed E-state index contributed by atoms with van der Waals surface area (Å²) in [6, 6.07) is 2.25. The van der Waals surface area contributed by atoms with Crippen LogP contribution in [-0.4, -0.2) is 26.3 Å². The lowest BCUT2D eigenvalue weighted by Gasteiger charge is -2.17. The first-order valence-corrected chi connectivity index (χ1v) is 4.88. The number of rotatable bonds is 7. The van der Waals surface area contributed by atoms with Crippen LogP contribution < -0.4 is 5.32 Å². The van der Waals surface area contributed by atoms with Crippen molar-refractivity contribution in [3.8, 4) is 6.07 Å². The quantitative estimate of drug-likeness (QED) is 0.611. The molecular formula is C10H20N2O. The Morgan fingerprint density at radius 1 is 1.54 bits per heavy atom. The highest BCUT2D eigenvalue weighted by molar-refractivity contribution is 4.92. The number of hydrogen-bond acceptors (Lipinski definition) is 3. The number of nitrogens with zero attached hydrogens (tertiary/aromatic N) is 1. The normalized spacial score (nSPS) is 14.9. The summed E-state index contributed by atoms with van der Waals surface area (Å²) in [7, 11) is 1.67. The zero-order chi connectivity index (χ0) is 10.1. The number of nitrogens with one attached hydrogen (secondary N) is 1. The van der Waals surface area contributed by atoms with E-state index in [0.29, 0.717) is 12.5 Å². The molecule has 2 atom stereocenters. The molecule has 1 N–H and O–H groups in total. The van der Waals surface area contributed by atoms with Crippen molar-refractivity contribution < 1.29 is 4.74 Å². The van der Waals surface area contributed by atoms with Crippen LogP contribution >= 0.6 is 0 Å². The lowest BCUT2D eigenvalue weighted by Crippen LogP contribution is -2.35. The summed E-state index contributed by atoms with van der Waals surface area (Å²) in [5.41, 5.74) is 0. The van der Waals surface area contributed by atoms with Crippen molar-refractivity contribution in [2.75, 3.05) is 20.3 Å². The van der Waals surface area contributed by atoms with Crippen molar-refractivity contribution >= 4 is 0 Å². The fourth-order valence-corrected chi connectivity index (χ4v) is 1.31. The van der Waals surface area contributed by atoms with Crippen molar-refractivity contribution in [1.29, 1.82) is 5.26 Å². The molecule has 2 unspecified atom stereocenters. The summed E-state index contributed by atoms with van der Waals surface area (Å²) in [5, 5.41) is 12.0. The van der Waals surface area contributed by atoms with Gasteiger partial charge in [0.15, 0.2) is 0 Å². The number of ether oxygens (including phenoxy) is 1. The van der Waals surface area contributed by atoms with Gasteiger partial charge in [-0.15, -0.1) is 0 Å². The Balaban J connectivity index is 3.68. The van der Waals surface area contributed by atoms with Crippen molar-refractivity contribution in [3.05, 3.63) is 0 Å². The van der Waals surface area contributed by atoms with E-state index in [1.54, 1.807) is 7.11 Å². The Bertz CT molecular complexity index is 153. The molecule has 76 valence electrons. The average Bonchev–Trinajstić information content (AvgIpc) is 2.13. The van der Waals surface area contributed by atoms with Crippen LogP contribution in [0.15, 0.2) is 0 Å². The van der Waals surface area contributed by atoms with E-state index in [2.05, 4.69) is 25.2 Å². The van der Waals surface area contributed by atoms with E-state index in [0.717, 1.165) is 19.4 Å². The predicted octanol–water partition coefficient (Wildman–Crippen LogP) is 1.55. The standard InChI is InChI=1S/C10H20N2O/c1-4-5-9(2)10(8-11)12-6-7-13-3/h9-10,12H,4-7H2,1-3H3. The van der Waals surface area contributed by atoms with Crippen molar-refractivity contribution in [2.45, 2.75) is 32.7 Å². The monoisotopic (exact) mass is 184 g/mol. The highest BCUT2D eigenvalue weighted by Gasteiger charge is 2.14. The first-order valence-electron chi connectivity index (χ1n) is 4.88. The summed E-state index contributed by atoms with van der Waals surface area (Å²) in [6.07, 6.45) is 2.23. The van der Waals surface area contributed by atoms with E-state index in [4.69, 9.17) is 10.00 Å². The van der Waals surface area contributed by atoms with Crippen molar-refractivity contribution in [3.63, 3.8) is 0 Å². The fourth-order valence-electron chi connectivity index (χ4n) is 1.31. The van der Waals surface area contributed by atoms with E-state index < -0.39 is 0 Å². The molecule has 0 aliphatic heterocycles. The highest BCUT2D eigenvalue weighted by Crippen LogP contribution is 2.09. The molecule has 0 radical (unpaired) electrons. The lowest BCUT2D eigenvalue weighted by molar-refractivity contribution is 0.194. The molecule has 0 saturated heterocycles. The predicted molar refractivity (Wildman–Crippen MR) is 53.4 cm³/mol. The largest absolute Gasteiger partial charge is 0.383 e. The van der Waals surface area contributed by atoms with Crippen LogP contribution in [0, 0.1) is 17.2 Å². The molecule has 13 heavy (non-hydrogen) atoms. The third-order valence-electron chi connectivity index (χ3n) is 2.12. The third kappa shape index (κ3) is 5.62. The molecule has 0 aliphatic carbocycles. The molecule has 0 amide bonds. The van der Waals surface area contributed by atoms with Gasteiger partial charge in [-0.05, 0) is 12.3 Å². The lowest BCUT2D eigenvalue weighted by atomic mass is 9.98. The zero-order valence-corrected chi connectivity index (χ0v) is 8.84. The van der Waals surface area contributed by atoms with E-state index >= 15 is 0 Å². The summed E-state index contributed by atoms with van der Waals surface area (Å²) in [6.45, 7) is 5.66. The molecule has 0 aromatic heterocycles. The van der Waals surface area contributed by atoms with Gasteiger partial charge in [-0.3, -0.25) is 5.32 Å². The number of nitriles is 1. The zero-order valence-electron chi connectivity index (χ0n) is 8.84. The average molecular weight is 184 g/mol. The van der Waals surface area contributed by atoms with Crippen LogP contribution in [-0.2, 0) is 4.74 Å². The van der Waals surface area contributed by atoms with Crippen LogP contribution in [0.5, 0.6) is 0 Å². The first kappa shape index (κ1) is 12.4. The van der Waals surface area contributed by atoms with Gasteiger partial charge in [0.25, 0.3) is 0 Å². The minimum atomic E-state index is -0.0323. The Kier molecular flexibility index (Phi) is 7.66. The summed E-state index contributed by atoms with van der Waals surface area (Å²) < 4.78 is 4.90. The van der Waals surface area contributed by atoms with E-state index in [1.165, 1.54) is 0 Å². The molecule has 0 aromatic rings. The molecule has 0 heterocycles. The van der Waals surface area contributed by atoms with Gasteiger partial charge in [-0.2, -0.15) is 5.26 Å². The van der Waals surface area contributed by atoms with Gasteiger partial charge < -0.3 is 4.74 Å². The highest BCUT2D eigenvalue weighted by atomic mass is 16.5. The first-order chi connectivity index (χ1) is 6.26. The van der Waals surface area contributed by atoms with Crippen LogP contribution in [0.3, 0.4) is 0 Å². The Morgan fingerprint density at radius 2 is 2.23 bits per heavy atom. The SMILES string of the molecule is CCCC(C)C(C#N)NCCOC. The van der Waals surface area contributed by atoms with Gasteiger partial charge in [0.2, 0.25) is 0 Å². The fraction of sp³-hybridized carbons (Fsp3) is 0.900. The minimum Gasteiger partial charge on any atom is -0.383 e. The third-order valence-corrected chi connectivity index (χ3v) is 2.12. The van der Waals surface area contributed by atoms with E-state index in [1.807, 2.05) is 0 Å². The van der Waals surface area contributed by atoms with Gasteiger partial charge >= 0.3 is 0 Å². The molecule has 3 nitrogen and oxygen atoms in total. The molecule has 0 saturated carbocycles. The molecular weight excluding hydrogens is 164 g/mol. The molecule has 0 bridgehead atoms. The van der Waals surface area contributed by atoms with Gasteiger partial charge in [-0.25, -0.2) is 0 Å². The second-order valence-electron chi connectivity index (χ2n) is 3.32. The molecule has 0 fully saturated rings. The van der Waals surface area contributed by atoms with Crippen molar-refractivity contribution in [1.82, 2.24) is 5.32 Å². The van der Waals surface area contributed by atoms with Crippen LogP contribution in [0.4, 0.5) is 0 Å². The second-order valence-corrected chi connectivity index (χ2v) is 3.32. The van der Waals surface area contributed by atoms with Crippen LogP contribution in [0.2, 0.25) is 0 Å². The van der Waals surface area contributed by atoms with Gasteiger partial charge in [0.05, 0.1) is 18.7 Å². The summed E-state index contributed by atoms with van der Waals surface area (Å²) in [4.78, 5) is 0. The minimum absolute atomic E-state index is 0.0323. The molecule has 0 aromatic carbocycles. The van der Waals surface area contributed by atoms with Gasteiger partial charge in [-0.1, -0.05) is 20.3 Å². The smallest absolute Gasteiger partial charge is 0.0979 e. The van der Waals surface area contributed by atoms with E-state index in [-0.39, 0.29) is 6.04 Å². The molecule has 3 heteroatoms. The maximum absolute atomic E-state index is 8.87. The van der Waals surface area contributed by atoms with Crippen LogP contribution in [0.1, 0.15) is 26.7 Å².